The number of carbonyl (C=O) groups excluding carboxylic acids is 1. The fraction of sp³-hybridized carbons (Fsp3) is 0.176. The van der Waals surface area contributed by atoms with E-state index in [0.29, 0.717) is 11.8 Å². The lowest BCUT2D eigenvalue weighted by Gasteiger charge is -2.15. The lowest BCUT2D eigenvalue weighted by atomic mass is 10.1. The summed E-state index contributed by atoms with van der Waals surface area (Å²) in [6.45, 7) is 0. The number of fused-ring (bicyclic) bond motifs is 1. The van der Waals surface area contributed by atoms with Crippen molar-refractivity contribution in [3.8, 4) is 5.75 Å². The topological polar surface area (TPSA) is 68.5 Å². The van der Waals surface area contributed by atoms with Crippen LogP contribution in [0.2, 0.25) is 0 Å². The number of hydrogen-bond donors (Lipinski definition) is 1. The number of ether oxygens (including phenoxy) is 1. The van der Waals surface area contributed by atoms with Gasteiger partial charge in [0, 0.05) is 6.42 Å². The Morgan fingerprint density at radius 1 is 1.22 bits per heavy atom. The van der Waals surface area contributed by atoms with E-state index >= 15 is 0 Å². The molecule has 1 N–H and O–H groups in total. The van der Waals surface area contributed by atoms with Crippen molar-refractivity contribution in [3.05, 3.63) is 64.4 Å². The maximum absolute atomic E-state index is 12.6. The van der Waals surface area contributed by atoms with Gasteiger partial charge < -0.3 is 9.84 Å². The van der Waals surface area contributed by atoms with E-state index in [-0.39, 0.29) is 11.3 Å². The molecule has 0 spiro atoms. The van der Waals surface area contributed by atoms with Gasteiger partial charge in [-0.3, -0.25) is 4.79 Å². The van der Waals surface area contributed by atoms with Crippen molar-refractivity contribution >= 4 is 27.6 Å². The van der Waals surface area contributed by atoms with Gasteiger partial charge in [-0.15, -0.1) is 0 Å². The third kappa shape index (κ3) is 2.98. The van der Waals surface area contributed by atoms with Crippen LogP contribution in [-0.2, 0) is 16.0 Å². The van der Waals surface area contributed by atoms with E-state index in [2.05, 4.69) is 0 Å². The molecule has 0 fully saturated rings. The predicted octanol–water partition coefficient (Wildman–Crippen LogP) is 2.73. The Hall–Kier alpha value is -2.60. The summed E-state index contributed by atoms with van der Waals surface area (Å²) in [5.41, 5.74) is 0.641. The first-order valence-corrected chi connectivity index (χ1v) is 7.84. The maximum Gasteiger partial charge on any atom is 0.330 e. The molecule has 1 atom stereocenters. The molecule has 2 aromatic carbocycles. The molecule has 118 valence electrons. The van der Waals surface area contributed by atoms with Gasteiger partial charge in [-0.1, -0.05) is 35.8 Å². The van der Waals surface area contributed by atoms with Crippen LogP contribution in [0.1, 0.15) is 11.6 Å². The largest absolute Gasteiger partial charge is 0.508 e. The molecule has 0 amide bonds. The maximum atomic E-state index is 12.6. The Morgan fingerprint density at radius 3 is 2.57 bits per heavy atom. The first-order chi connectivity index (χ1) is 11.1. The van der Waals surface area contributed by atoms with Crippen molar-refractivity contribution in [2.45, 2.75) is 12.5 Å². The number of methoxy groups -OCH3 is 1. The zero-order valence-electron chi connectivity index (χ0n) is 12.4. The van der Waals surface area contributed by atoms with Crippen LogP contribution in [0.5, 0.6) is 5.75 Å². The third-order valence-electron chi connectivity index (χ3n) is 3.64. The second kappa shape index (κ2) is 6.26. The summed E-state index contributed by atoms with van der Waals surface area (Å²) >= 11 is 1.25. The average molecular weight is 329 g/mol. The number of rotatable bonds is 4. The monoisotopic (exact) mass is 329 g/mol. The van der Waals surface area contributed by atoms with Crippen LogP contribution in [0.15, 0.2) is 53.3 Å². The first-order valence-electron chi connectivity index (χ1n) is 7.06. The SMILES string of the molecule is COC(=O)[C@H](Cc1ccc(O)cc1)n1sc2ccccc2c1=O. The summed E-state index contributed by atoms with van der Waals surface area (Å²) in [6.07, 6.45) is 0.319. The van der Waals surface area contributed by atoms with E-state index in [1.165, 1.54) is 22.6 Å². The standard InChI is InChI=1S/C17H15NO4S/c1-22-17(21)14(10-11-6-8-12(19)9-7-11)18-16(20)13-4-2-3-5-15(13)23-18/h2-9,14,19H,10H2,1H3/t14-/m0/s1. The molecule has 23 heavy (non-hydrogen) atoms. The highest BCUT2D eigenvalue weighted by atomic mass is 32.1. The van der Waals surface area contributed by atoms with E-state index in [0.717, 1.165) is 10.3 Å². The molecule has 0 saturated heterocycles. The summed E-state index contributed by atoms with van der Waals surface area (Å²) in [7, 11) is 1.31. The predicted molar refractivity (Wildman–Crippen MR) is 88.9 cm³/mol. The van der Waals surface area contributed by atoms with Crippen LogP contribution in [0.25, 0.3) is 10.1 Å². The van der Waals surface area contributed by atoms with Crippen molar-refractivity contribution in [3.63, 3.8) is 0 Å². The zero-order chi connectivity index (χ0) is 16.4. The highest BCUT2D eigenvalue weighted by Gasteiger charge is 2.25. The highest BCUT2D eigenvalue weighted by molar-refractivity contribution is 7.14. The van der Waals surface area contributed by atoms with Crippen molar-refractivity contribution < 1.29 is 14.6 Å². The Labute approximate surface area is 136 Å². The fourth-order valence-corrected chi connectivity index (χ4v) is 3.52. The number of carbonyl (C=O) groups is 1. The number of hydrogen-bond acceptors (Lipinski definition) is 5. The van der Waals surface area contributed by atoms with E-state index in [1.807, 2.05) is 12.1 Å². The van der Waals surface area contributed by atoms with Crippen LogP contribution in [0, 0.1) is 0 Å². The molecule has 0 unspecified atom stereocenters. The molecule has 1 heterocycles. The second-order valence-electron chi connectivity index (χ2n) is 5.13. The number of aromatic hydroxyl groups is 1. The van der Waals surface area contributed by atoms with Gasteiger partial charge >= 0.3 is 5.97 Å². The van der Waals surface area contributed by atoms with E-state index in [1.54, 1.807) is 36.4 Å². The summed E-state index contributed by atoms with van der Waals surface area (Å²) < 4.78 is 7.16. The molecule has 0 aliphatic heterocycles. The molecular formula is C17H15NO4S. The molecule has 5 nitrogen and oxygen atoms in total. The number of phenolic OH excluding ortho intramolecular Hbond substituents is 1. The van der Waals surface area contributed by atoms with Crippen LogP contribution >= 0.6 is 11.5 Å². The molecule has 0 aliphatic rings. The Balaban J connectivity index is 2.04. The summed E-state index contributed by atoms with van der Waals surface area (Å²) in [5.74, 6) is -0.311. The van der Waals surface area contributed by atoms with Gasteiger partial charge in [0.25, 0.3) is 5.56 Å². The van der Waals surface area contributed by atoms with Crippen LogP contribution in [-0.4, -0.2) is 22.1 Å². The smallest absolute Gasteiger partial charge is 0.330 e. The minimum Gasteiger partial charge on any atom is -0.508 e. The fourth-order valence-electron chi connectivity index (χ4n) is 2.45. The van der Waals surface area contributed by atoms with Gasteiger partial charge in [0.05, 0.1) is 17.2 Å². The Bertz CT molecular complexity index is 895. The van der Waals surface area contributed by atoms with Crippen molar-refractivity contribution in [1.82, 2.24) is 3.96 Å². The third-order valence-corrected chi connectivity index (χ3v) is 4.81. The molecule has 0 aliphatic carbocycles. The zero-order valence-corrected chi connectivity index (χ0v) is 13.2. The van der Waals surface area contributed by atoms with Crippen LogP contribution in [0.3, 0.4) is 0 Å². The number of benzene rings is 2. The minimum absolute atomic E-state index is 0.155. The Kier molecular flexibility index (Phi) is 4.16. The quantitative estimate of drug-likeness (QED) is 0.747. The van der Waals surface area contributed by atoms with Crippen molar-refractivity contribution in [2.24, 2.45) is 0 Å². The Morgan fingerprint density at radius 2 is 1.91 bits per heavy atom. The molecule has 0 radical (unpaired) electrons. The number of aromatic nitrogens is 1. The molecule has 0 bridgehead atoms. The van der Waals surface area contributed by atoms with Gasteiger partial charge in [0.1, 0.15) is 11.8 Å². The summed E-state index contributed by atoms with van der Waals surface area (Å²) in [4.78, 5) is 24.7. The van der Waals surface area contributed by atoms with Crippen molar-refractivity contribution in [1.29, 1.82) is 0 Å². The number of nitrogens with zero attached hydrogens (tertiary/aromatic N) is 1. The van der Waals surface area contributed by atoms with E-state index in [9.17, 15) is 14.7 Å². The number of phenols is 1. The van der Waals surface area contributed by atoms with Crippen LogP contribution in [0.4, 0.5) is 0 Å². The van der Waals surface area contributed by atoms with Gasteiger partial charge in [0.2, 0.25) is 0 Å². The van der Waals surface area contributed by atoms with Crippen molar-refractivity contribution in [2.75, 3.05) is 7.11 Å². The van der Waals surface area contributed by atoms with Gasteiger partial charge in [-0.05, 0) is 29.8 Å². The summed E-state index contributed by atoms with van der Waals surface area (Å²) in [5, 5.41) is 9.95. The second-order valence-corrected chi connectivity index (χ2v) is 6.14. The minimum atomic E-state index is -0.727. The lowest BCUT2D eigenvalue weighted by Crippen LogP contribution is -2.28. The van der Waals surface area contributed by atoms with Gasteiger partial charge in [-0.25, -0.2) is 8.75 Å². The van der Waals surface area contributed by atoms with E-state index in [4.69, 9.17) is 4.74 Å². The summed E-state index contributed by atoms with van der Waals surface area (Å²) in [6, 6.07) is 13.1. The normalized spacial score (nSPS) is 12.2. The lowest BCUT2D eigenvalue weighted by molar-refractivity contribution is -0.144. The molecule has 3 aromatic rings. The molecular weight excluding hydrogens is 314 g/mol. The van der Waals surface area contributed by atoms with Crippen LogP contribution < -0.4 is 5.56 Å². The molecule has 1 aromatic heterocycles. The van der Waals surface area contributed by atoms with Gasteiger partial charge in [0.15, 0.2) is 0 Å². The van der Waals surface area contributed by atoms with Gasteiger partial charge in [-0.2, -0.15) is 0 Å². The first kappa shape index (κ1) is 15.3. The van der Waals surface area contributed by atoms with E-state index < -0.39 is 12.0 Å². The average Bonchev–Trinajstić information content (AvgIpc) is 2.91. The highest BCUT2D eigenvalue weighted by Crippen LogP contribution is 2.23. The molecule has 3 rings (SSSR count). The molecule has 6 heteroatoms. The number of esters is 1. The molecule has 0 saturated carbocycles.